The van der Waals surface area contributed by atoms with Gasteiger partial charge in [-0.2, -0.15) is 0 Å². The topological polar surface area (TPSA) is 54.0 Å². The number of aromatic nitrogens is 1. The van der Waals surface area contributed by atoms with Gasteiger partial charge < -0.3 is 10.6 Å². The molecular formula is C16H18FN3O. The number of rotatable bonds is 5. The maximum absolute atomic E-state index is 13.3. The molecule has 21 heavy (non-hydrogen) atoms. The highest BCUT2D eigenvalue weighted by atomic mass is 19.1. The number of benzene rings is 1. The van der Waals surface area contributed by atoms with Crippen molar-refractivity contribution < 1.29 is 9.18 Å². The quantitative estimate of drug-likeness (QED) is 0.889. The number of halogens is 1. The van der Waals surface area contributed by atoms with Crippen LogP contribution in [0.3, 0.4) is 0 Å². The molecule has 1 amide bonds. The molecule has 0 aliphatic rings. The normalized spacial score (nSPS) is 10.2. The summed E-state index contributed by atoms with van der Waals surface area (Å²) in [6.45, 7) is 4.88. The molecule has 0 aliphatic carbocycles. The van der Waals surface area contributed by atoms with Gasteiger partial charge in [0, 0.05) is 13.1 Å². The first-order valence-electron chi connectivity index (χ1n) is 6.83. The summed E-state index contributed by atoms with van der Waals surface area (Å²) in [5, 5.41) is 5.74. The van der Waals surface area contributed by atoms with E-state index in [2.05, 4.69) is 15.6 Å². The smallest absolute Gasteiger partial charge is 0.255 e. The van der Waals surface area contributed by atoms with Gasteiger partial charge in [-0.05, 0) is 25.5 Å². The second-order valence-corrected chi connectivity index (χ2v) is 4.75. The van der Waals surface area contributed by atoms with Gasteiger partial charge in [0.25, 0.3) is 5.91 Å². The number of anilines is 1. The van der Waals surface area contributed by atoms with Crippen LogP contribution in [-0.2, 0) is 6.54 Å². The number of aryl methyl sites for hydroxylation is 1. The zero-order valence-corrected chi connectivity index (χ0v) is 12.1. The summed E-state index contributed by atoms with van der Waals surface area (Å²) in [6.07, 6.45) is 1.09. The lowest BCUT2D eigenvalue weighted by Gasteiger charge is -2.10. The molecule has 1 aromatic carbocycles. The summed E-state index contributed by atoms with van der Waals surface area (Å²) in [4.78, 5) is 16.1. The van der Waals surface area contributed by atoms with Crippen LogP contribution in [0.5, 0.6) is 0 Å². The Morgan fingerprint density at radius 3 is 2.86 bits per heavy atom. The molecule has 2 aromatic rings. The summed E-state index contributed by atoms with van der Waals surface area (Å²) in [5.74, 6) is -0.488. The molecule has 4 nitrogen and oxygen atoms in total. The van der Waals surface area contributed by atoms with Crippen LogP contribution < -0.4 is 10.6 Å². The standard InChI is InChI=1S/C16H18FN3O/c1-3-18-15-14(8-13(17)10-19-15)16(21)20-9-12-6-4-5-11(2)7-12/h4-8,10H,3,9H2,1-2H3,(H,18,19)(H,20,21). The second-order valence-electron chi connectivity index (χ2n) is 4.75. The van der Waals surface area contributed by atoms with Crippen LogP contribution in [0, 0.1) is 12.7 Å². The molecule has 0 bridgehead atoms. The molecule has 0 aliphatic heterocycles. The van der Waals surface area contributed by atoms with Crippen molar-refractivity contribution in [3.63, 3.8) is 0 Å². The fourth-order valence-corrected chi connectivity index (χ4v) is 2.02. The maximum Gasteiger partial charge on any atom is 0.255 e. The molecular weight excluding hydrogens is 269 g/mol. The van der Waals surface area contributed by atoms with E-state index in [9.17, 15) is 9.18 Å². The molecule has 2 N–H and O–H groups in total. The summed E-state index contributed by atoms with van der Waals surface area (Å²) >= 11 is 0. The van der Waals surface area contributed by atoms with Crippen LogP contribution in [-0.4, -0.2) is 17.4 Å². The first-order chi connectivity index (χ1) is 10.1. The fraction of sp³-hybridized carbons (Fsp3) is 0.250. The Labute approximate surface area is 123 Å². The molecule has 0 fully saturated rings. The Hall–Kier alpha value is -2.43. The van der Waals surface area contributed by atoms with Crippen LogP contribution in [0.25, 0.3) is 0 Å². The molecule has 1 heterocycles. The average molecular weight is 287 g/mol. The lowest BCUT2D eigenvalue weighted by molar-refractivity contribution is 0.0951. The van der Waals surface area contributed by atoms with Crippen molar-refractivity contribution in [2.45, 2.75) is 20.4 Å². The van der Waals surface area contributed by atoms with E-state index in [1.807, 2.05) is 38.1 Å². The number of hydrogen-bond acceptors (Lipinski definition) is 3. The second kappa shape index (κ2) is 6.83. The largest absolute Gasteiger partial charge is 0.370 e. The van der Waals surface area contributed by atoms with E-state index in [4.69, 9.17) is 0 Å². The first kappa shape index (κ1) is 15.0. The molecule has 110 valence electrons. The molecule has 0 atom stereocenters. The third-order valence-electron chi connectivity index (χ3n) is 2.98. The average Bonchev–Trinajstić information content (AvgIpc) is 2.47. The van der Waals surface area contributed by atoms with E-state index < -0.39 is 5.82 Å². The van der Waals surface area contributed by atoms with Crippen molar-refractivity contribution in [2.24, 2.45) is 0 Å². The Bertz CT molecular complexity index is 643. The van der Waals surface area contributed by atoms with Gasteiger partial charge in [0.15, 0.2) is 0 Å². The van der Waals surface area contributed by atoms with E-state index in [-0.39, 0.29) is 11.5 Å². The summed E-state index contributed by atoms with van der Waals surface area (Å²) < 4.78 is 13.3. The van der Waals surface area contributed by atoms with Gasteiger partial charge in [-0.3, -0.25) is 4.79 Å². The summed E-state index contributed by atoms with van der Waals surface area (Å²) in [6, 6.07) is 9.05. The summed E-state index contributed by atoms with van der Waals surface area (Å²) in [5.41, 5.74) is 2.34. The monoisotopic (exact) mass is 287 g/mol. The predicted molar refractivity (Wildman–Crippen MR) is 80.7 cm³/mol. The minimum Gasteiger partial charge on any atom is -0.370 e. The van der Waals surface area contributed by atoms with Gasteiger partial charge in [0.05, 0.1) is 11.8 Å². The van der Waals surface area contributed by atoms with Gasteiger partial charge in [-0.1, -0.05) is 29.8 Å². The lowest BCUT2D eigenvalue weighted by Crippen LogP contribution is -2.24. The highest BCUT2D eigenvalue weighted by molar-refractivity contribution is 5.98. The van der Waals surface area contributed by atoms with Crippen LogP contribution >= 0.6 is 0 Å². The SMILES string of the molecule is CCNc1ncc(F)cc1C(=O)NCc1cccc(C)c1. The van der Waals surface area contributed by atoms with Crippen LogP contribution in [0.4, 0.5) is 10.2 Å². The Morgan fingerprint density at radius 1 is 1.33 bits per heavy atom. The number of nitrogens with one attached hydrogen (secondary N) is 2. The van der Waals surface area contributed by atoms with Gasteiger partial charge in [0.1, 0.15) is 11.6 Å². The number of hydrogen-bond donors (Lipinski definition) is 2. The van der Waals surface area contributed by atoms with Gasteiger partial charge in [-0.15, -0.1) is 0 Å². The maximum atomic E-state index is 13.3. The zero-order chi connectivity index (χ0) is 15.2. The molecule has 0 saturated carbocycles. The number of carbonyl (C=O) groups is 1. The Morgan fingerprint density at radius 2 is 2.14 bits per heavy atom. The highest BCUT2D eigenvalue weighted by Crippen LogP contribution is 2.14. The van der Waals surface area contributed by atoms with Gasteiger partial charge in [0.2, 0.25) is 0 Å². The van der Waals surface area contributed by atoms with E-state index >= 15 is 0 Å². The van der Waals surface area contributed by atoms with E-state index in [0.29, 0.717) is 18.9 Å². The third-order valence-corrected chi connectivity index (χ3v) is 2.98. The molecule has 5 heteroatoms. The first-order valence-corrected chi connectivity index (χ1v) is 6.83. The fourth-order valence-electron chi connectivity index (χ4n) is 2.02. The molecule has 2 rings (SSSR count). The van der Waals surface area contributed by atoms with Crippen molar-refractivity contribution in [1.82, 2.24) is 10.3 Å². The molecule has 0 unspecified atom stereocenters. The predicted octanol–water partition coefficient (Wildman–Crippen LogP) is 2.89. The van der Waals surface area contributed by atoms with Gasteiger partial charge in [-0.25, -0.2) is 9.37 Å². The molecule has 0 saturated heterocycles. The molecule has 0 radical (unpaired) electrons. The molecule has 0 spiro atoms. The number of carbonyl (C=O) groups excluding carboxylic acids is 1. The molecule has 1 aromatic heterocycles. The van der Waals surface area contributed by atoms with Gasteiger partial charge >= 0.3 is 0 Å². The lowest BCUT2D eigenvalue weighted by atomic mass is 10.1. The minimum absolute atomic E-state index is 0.213. The Kier molecular flexibility index (Phi) is 4.87. The Balaban J connectivity index is 2.11. The van der Waals surface area contributed by atoms with E-state index in [0.717, 1.165) is 17.3 Å². The third kappa shape index (κ3) is 4.02. The highest BCUT2D eigenvalue weighted by Gasteiger charge is 2.13. The van der Waals surface area contributed by atoms with E-state index in [1.54, 1.807) is 0 Å². The van der Waals surface area contributed by atoms with Crippen LogP contribution in [0.15, 0.2) is 36.5 Å². The van der Waals surface area contributed by atoms with Crippen molar-refractivity contribution in [2.75, 3.05) is 11.9 Å². The number of nitrogens with zero attached hydrogens (tertiary/aromatic N) is 1. The van der Waals surface area contributed by atoms with Crippen LogP contribution in [0.1, 0.15) is 28.4 Å². The van der Waals surface area contributed by atoms with Crippen LogP contribution in [0.2, 0.25) is 0 Å². The van der Waals surface area contributed by atoms with Crippen molar-refractivity contribution in [1.29, 1.82) is 0 Å². The summed E-state index contributed by atoms with van der Waals surface area (Å²) in [7, 11) is 0. The van der Waals surface area contributed by atoms with Crippen molar-refractivity contribution in [3.8, 4) is 0 Å². The number of amides is 1. The minimum atomic E-state index is -0.530. The van der Waals surface area contributed by atoms with E-state index in [1.165, 1.54) is 6.07 Å². The van der Waals surface area contributed by atoms with Crippen molar-refractivity contribution >= 4 is 11.7 Å². The van der Waals surface area contributed by atoms with Crippen molar-refractivity contribution in [3.05, 3.63) is 59.0 Å². The number of pyridine rings is 1. The zero-order valence-electron chi connectivity index (χ0n) is 12.1.